The summed E-state index contributed by atoms with van der Waals surface area (Å²) in [5, 5.41) is 10.7. The van der Waals surface area contributed by atoms with Gasteiger partial charge in [0.1, 0.15) is 24.7 Å². The molecule has 0 saturated carbocycles. The van der Waals surface area contributed by atoms with E-state index >= 15 is 0 Å². The minimum atomic E-state index is -3.79. The van der Waals surface area contributed by atoms with E-state index < -0.39 is 27.5 Å². The molecule has 0 unspecified atom stereocenters. The maximum atomic E-state index is 12.1. The summed E-state index contributed by atoms with van der Waals surface area (Å²) in [4.78, 5) is 22.1. The molecule has 31 heavy (non-hydrogen) atoms. The summed E-state index contributed by atoms with van der Waals surface area (Å²) in [6.45, 7) is -0.526. The molecular weight excluding hydrogens is 424 g/mol. The number of hydrogen-bond donors (Lipinski definition) is 1. The van der Waals surface area contributed by atoms with Crippen LogP contribution in [0.1, 0.15) is 5.56 Å². The summed E-state index contributed by atoms with van der Waals surface area (Å²) in [6.07, 6.45) is 0. The number of nitro benzene ring substituents is 1. The average molecular weight is 442 g/mol. The molecule has 160 valence electrons. The highest BCUT2D eigenvalue weighted by atomic mass is 32.2. The Balaban J connectivity index is 1.47. The third-order valence-corrected chi connectivity index (χ3v) is 5.48. The van der Waals surface area contributed by atoms with Gasteiger partial charge in [-0.1, -0.05) is 30.3 Å². The Labute approximate surface area is 178 Å². The molecule has 0 heterocycles. The highest BCUT2D eigenvalue weighted by molar-refractivity contribution is 7.89. The van der Waals surface area contributed by atoms with E-state index in [1.54, 1.807) is 42.5 Å². The predicted molar refractivity (Wildman–Crippen MR) is 111 cm³/mol. The molecule has 3 rings (SSSR count). The van der Waals surface area contributed by atoms with Gasteiger partial charge < -0.3 is 9.47 Å². The predicted octanol–water partition coefficient (Wildman–Crippen LogP) is 3.41. The maximum Gasteiger partial charge on any atom is 0.321 e. The number of nitrogens with one attached hydrogen (secondary N) is 1. The lowest BCUT2D eigenvalue weighted by Gasteiger charge is -2.09. The number of non-ortho nitro benzene ring substituents is 1. The Hall–Kier alpha value is -3.76. The van der Waals surface area contributed by atoms with E-state index in [2.05, 4.69) is 4.72 Å². The molecule has 0 aliphatic heterocycles. The highest BCUT2D eigenvalue weighted by Crippen LogP contribution is 2.24. The van der Waals surface area contributed by atoms with Crippen molar-refractivity contribution >= 4 is 21.7 Å². The van der Waals surface area contributed by atoms with Crippen LogP contribution in [-0.4, -0.2) is 25.9 Å². The number of sulfonamides is 1. The van der Waals surface area contributed by atoms with Crippen molar-refractivity contribution in [2.24, 2.45) is 0 Å². The van der Waals surface area contributed by atoms with Gasteiger partial charge in [-0.25, -0.2) is 8.42 Å². The van der Waals surface area contributed by atoms with Gasteiger partial charge >= 0.3 is 5.97 Å². The Morgan fingerprint density at radius 3 is 2.06 bits per heavy atom. The van der Waals surface area contributed by atoms with Crippen molar-refractivity contribution in [3.8, 4) is 11.5 Å². The number of carbonyl (C=O) groups excluding carboxylic acids is 1. The molecule has 0 amide bonds. The summed E-state index contributed by atoms with van der Waals surface area (Å²) in [6, 6.07) is 20.1. The minimum Gasteiger partial charge on any atom is -0.460 e. The van der Waals surface area contributed by atoms with Gasteiger partial charge in [-0.05, 0) is 42.0 Å². The summed E-state index contributed by atoms with van der Waals surface area (Å²) in [5.41, 5.74) is 0.644. The van der Waals surface area contributed by atoms with Crippen molar-refractivity contribution in [2.45, 2.75) is 11.5 Å². The first-order chi connectivity index (χ1) is 14.8. The Morgan fingerprint density at radius 2 is 1.48 bits per heavy atom. The number of hydrogen-bond acceptors (Lipinski definition) is 7. The highest BCUT2D eigenvalue weighted by Gasteiger charge is 2.15. The van der Waals surface area contributed by atoms with Crippen molar-refractivity contribution in [2.75, 3.05) is 6.54 Å². The first kappa shape index (κ1) is 21.9. The molecule has 0 aromatic heterocycles. The molecule has 0 fully saturated rings. The zero-order valence-electron chi connectivity index (χ0n) is 16.1. The lowest BCUT2D eigenvalue weighted by Crippen LogP contribution is -2.30. The van der Waals surface area contributed by atoms with Crippen LogP contribution in [0.4, 0.5) is 5.69 Å². The maximum absolute atomic E-state index is 12.1. The van der Waals surface area contributed by atoms with Crippen molar-refractivity contribution < 1.29 is 27.6 Å². The number of ether oxygens (including phenoxy) is 2. The van der Waals surface area contributed by atoms with Crippen LogP contribution >= 0.6 is 0 Å². The van der Waals surface area contributed by atoms with Gasteiger partial charge in [0.15, 0.2) is 0 Å². The van der Waals surface area contributed by atoms with Crippen LogP contribution in [0.5, 0.6) is 11.5 Å². The van der Waals surface area contributed by atoms with Gasteiger partial charge in [-0.15, -0.1) is 0 Å². The second-order valence-electron chi connectivity index (χ2n) is 6.30. The van der Waals surface area contributed by atoms with E-state index in [0.717, 1.165) is 0 Å². The quantitative estimate of drug-likeness (QED) is 0.306. The van der Waals surface area contributed by atoms with Gasteiger partial charge in [-0.2, -0.15) is 4.72 Å². The van der Waals surface area contributed by atoms with Crippen LogP contribution in [0.3, 0.4) is 0 Å². The molecular formula is C21H18N2O7S. The van der Waals surface area contributed by atoms with Gasteiger partial charge in [0.25, 0.3) is 5.69 Å². The molecule has 3 aromatic rings. The van der Waals surface area contributed by atoms with E-state index in [-0.39, 0.29) is 17.2 Å². The fourth-order valence-corrected chi connectivity index (χ4v) is 3.47. The molecule has 9 nitrogen and oxygen atoms in total. The van der Waals surface area contributed by atoms with Gasteiger partial charge in [-0.3, -0.25) is 14.9 Å². The average Bonchev–Trinajstić information content (AvgIpc) is 2.78. The largest absolute Gasteiger partial charge is 0.460 e. The summed E-state index contributed by atoms with van der Waals surface area (Å²) in [5.74, 6) is 0.223. The third-order valence-electron chi connectivity index (χ3n) is 4.07. The van der Waals surface area contributed by atoms with E-state index in [9.17, 15) is 23.3 Å². The smallest absolute Gasteiger partial charge is 0.321 e. The summed E-state index contributed by atoms with van der Waals surface area (Å²) >= 11 is 0. The van der Waals surface area contributed by atoms with E-state index in [4.69, 9.17) is 9.47 Å². The van der Waals surface area contributed by atoms with Crippen molar-refractivity contribution in [3.05, 3.63) is 94.5 Å². The molecule has 0 radical (unpaired) electrons. The van der Waals surface area contributed by atoms with Crippen molar-refractivity contribution in [1.82, 2.24) is 4.72 Å². The zero-order chi connectivity index (χ0) is 22.3. The van der Waals surface area contributed by atoms with Gasteiger partial charge in [0, 0.05) is 12.1 Å². The monoisotopic (exact) mass is 442 g/mol. The second-order valence-corrected chi connectivity index (χ2v) is 8.06. The Bertz CT molecular complexity index is 1150. The molecule has 10 heteroatoms. The molecule has 0 bridgehead atoms. The zero-order valence-corrected chi connectivity index (χ0v) is 16.9. The molecule has 3 aromatic carbocycles. The van der Waals surface area contributed by atoms with Crippen molar-refractivity contribution in [1.29, 1.82) is 0 Å². The Morgan fingerprint density at radius 1 is 0.903 bits per heavy atom. The van der Waals surface area contributed by atoms with Gasteiger partial charge in [0.05, 0.1) is 9.82 Å². The van der Waals surface area contributed by atoms with Crippen LogP contribution in [0.15, 0.2) is 83.8 Å². The number of esters is 1. The number of nitro groups is 1. The van der Waals surface area contributed by atoms with Crippen LogP contribution in [0.2, 0.25) is 0 Å². The molecule has 0 aliphatic carbocycles. The van der Waals surface area contributed by atoms with Crippen LogP contribution in [-0.2, 0) is 26.2 Å². The van der Waals surface area contributed by atoms with Crippen molar-refractivity contribution in [3.63, 3.8) is 0 Å². The summed E-state index contributed by atoms with van der Waals surface area (Å²) < 4.78 is 37.0. The van der Waals surface area contributed by atoms with Crippen LogP contribution < -0.4 is 9.46 Å². The molecule has 0 spiro atoms. The molecule has 1 N–H and O–H groups in total. The number of rotatable bonds is 9. The fraction of sp³-hybridized carbons (Fsp3) is 0.0952. The molecule has 0 saturated heterocycles. The Kier molecular flexibility index (Phi) is 6.96. The first-order valence-electron chi connectivity index (χ1n) is 9.05. The lowest BCUT2D eigenvalue weighted by molar-refractivity contribution is -0.384. The van der Waals surface area contributed by atoms with E-state index in [0.29, 0.717) is 17.1 Å². The third kappa shape index (κ3) is 6.36. The van der Waals surface area contributed by atoms with E-state index in [1.165, 1.54) is 36.4 Å². The van der Waals surface area contributed by atoms with Crippen LogP contribution in [0, 0.1) is 10.1 Å². The standard InChI is InChI=1S/C21H18N2O7S/c24-21(14-22-31(27,28)20-4-2-1-3-5-20)29-15-16-6-10-18(11-7-16)30-19-12-8-17(9-13-19)23(25)26/h1-13,22H,14-15H2. The minimum absolute atomic E-state index is 0.0319. The number of carbonyl (C=O) groups is 1. The normalized spacial score (nSPS) is 11.0. The lowest BCUT2D eigenvalue weighted by atomic mass is 10.2. The molecule has 0 aliphatic rings. The number of nitrogens with zero attached hydrogens (tertiary/aromatic N) is 1. The SMILES string of the molecule is O=C(CNS(=O)(=O)c1ccccc1)OCc1ccc(Oc2ccc([N+](=O)[O-])cc2)cc1. The summed E-state index contributed by atoms with van der Waals surface area (Å²) in [7, 11) is -3.79. The number of benzene rings is 3. The van der Waals surface area contributed by atoms with Gasteiger partial charge in [0.2, 0.25) is 10.0 Å². The van der Waals surface area contributed by atoms with Crippen LogP contribution in [0.25, 0.3) is 0 Å². The molecule has 0 atom stereocenters. The first-order valence-corrected chi connectivity index (χ1v) is 10.5. The fourth-order valence-electron chi connectivity index (χ4n) is 2.48. The second kappa shape index (κ2) is 9.83. The van der Waals surface area contributed by atoms with E-state index in [1.807, 2.05) is 0 Å². The topological polar surface area (TPSA) is 125 Å².